The van der Waals surface area contributed by atoms with E-state index in [4.69, 9.17) is 18.9 Å². The molecule has 3 saturated heterocycles. The zero-order valence-corrected chi connectivity index (χ0v) is 20.1. The number of hydrogen-bond acceptors (Lipinski definition) is 11. The van der Waals surface area contributed by atoms with E-state index >= 15 is 0 Å². The molecule has 1 aromatic carbocycles. The second kappa shape index (κ2) is 8.51. The number of methoxy groups -OCH3 is 1. The van der Waals surface area contributed by atoms with Crippen LogP contribution >= 0.6 is 0 Å². The Morgan fingerprint density at radius 2 is 1.95 bits per heavy atom. The van der Waals surface area contributed by atoms with Crippen molar-refractivity contribution < 1.29 is 43.5 Å². The van der Waals surface area contributed by atoms with Crippen molar-refractivity contribution in [2.75, 3.05) is 20.2 Å². The Kier molecular flexibility index (Phi) is 5.48. The quantitative estimate of drug-likeness (QED) is 0.350. The summed E-state index contributed by atoms with van der Waals surface area (Å²) in [5.41, 5.74) is -2.23. The molecule has 11 heteroatoms. The van der Waals surface area contributed by atoms with Gasteiger partial charge in [0, 0.05) is 18.2 Å². The summed E-state index contributed by atoms with van der Waals surface area (Å²) in [6, 6.07) is 2.72. The van der Waals surface area contributed by atoms with Crippen LogP contribution in [0.15, 0.2) is 24.8 Å². The highest BCUT2D eigenvalue weighted by Gasteiger charge is 2.49. The molecule has 194 valence electrons. The predicted octanol–water partition coefficient (Wildman–Crippen LogP) is 1.43. The molecule has 0 radical (unpaired) electrons. The molecule has 37 heavy (non-hydrogen) atoms. The lowest BCUT2D eigenvalue weighted by Crippen LogP contribution is -2.55. The molecule has 5 aliphatic rings. The molecule has 5 bridgehead atoms. The minimum Gasteiger partial charge on any atom is -0.493 e. The number of esters is 3. The first-order chi connectivity index (χ1) is 17.7. The summed E-state index contributed by atoms with van der Waals surface area (Å²) in [5, 5.41) is 23.1. The Hall–Kier alpha value is -3.54. The average molecular weight is 510 g/mol. The molecule has 1 aromatic heterocycles. The molecule has 7 rings (SSSR count). The fourth-order valence-electron chi connectivity index (χ4n) is 6.07. The first kappa shape index (κ1) is 23.8. The van der Waals surface area contributed by atoms with E-state index in [1.165, 1.54) is 13.2 Å². The number of ether oxygens (including phenoxy) is 4. The maximum Gasteiger partial charge on any atom is 0.344 e. The molecule has 11 nitrogen and oxygen atoms in total. The average Bonchev–Trinajstić information content (AvgIpc) is 2.87. The summed E-state index contributed by atoms with van der Waals surface area (Å²) < 4.78 is 22.1. The summed E-state index contributed by atoms with van der Waals surface area (Å²) in [7, 11) is 1.39. The Morgan fingerprint density at radius 1 is 1.19 bits per heavy atom. The Labute approximate surface area is 211 Å². The lowest BCUT2D eigenvalue weighted by atomic mass is 9.73. The van der Waals surface area contributed by atoms with Crippen molar-refractivity contribution in [3.63, 3.8) is 0 Å². The minimum absolute atomic E-state index is 0.0357. The number of aliphatic hydroxyl groups excluding tert-OH is 1. The number of rotatable bonds is 4. The van der Waals surface area contributed by atoms with E-state index in [0.717, 1.165) is 13.0 Å². The first-order valence-corrected chi connectivity index (χ1v) is 12.2. The highest BCUT2D eigenvalue weighted by molar-refractivity contribution is 6.00. The number of aromatic nitrogens is 1. The van der Waals surface area contributed by atoms with Gasteiger partial charge in [0.15, 0.2) is 22.8 Å². The first-order valence-electron chi connectivity index (χ1n) is 12.2. The third-order valence-corrected chi connectivity index (χ3v) is 7.94. The number of benzene rings is 1. The van der Waals surface area contributed by atoms with Crippen molar-refractivity contribution in [2.24, 2.45) is 11.8 Å². The van der Waals surface area contributed by atoms with Crippen molar-refractivity contribution in [3.05, 3.63) is 30.4 Å². The van der Waals surface area contributed by atoms with Gasteiger partial charge < -0.3 is 29.2 Å². The van der Waals surface area contributed by atoms with Crippen molar-refractivity contribution >= 4 is 28.8 Å². The van der Waals surface area contributed by atoms with Gasteiger partial charge in [-0.3, -0.25) is 14.5 Å². The number of pyridine rings is 1. The highest BCUT2D eigenvalue weighted by atomic mass is 16.6. The SMILES string of the molecule is C=C[C@H]1CN2CCC1C[C@H]2[C@H](O)c1c2c3nc4ccc(OC)c(c14)OC(=O)CC(O)(CC(=O)O3)C(=O)O2. The summed E-state index contributed by atoms with van der Waals surface area (Å²) in [4.78, 5) is 45.2. The summed E-state index contributed by atoms with van der Waals surface area (Å²) in [5.74, 6) is -3.08. The molecule has 0 saturated carbocycles. The molecular formula is C26H26N2O9. The Bertz CT molecular complexity index is 1360. The molecule has 3 fully saturated rings. The number of nitrogens with zero attached hydrogens (tertiary/aromatic N) is 2. The van der Waals surface area contributed by atoms with E-state index in [1.54, 1.807) is 6.07 Å². The van der Waals surface area contributed by atoms with Gasteiger partial charge in [0.25, 0.3) is 5.88 Å². The number of aliphatic hydroxyl groups is 2. The normalized spacial score (nSPS) is 31.4. The molecule has 2 N–H and O–H groups in total. The Balaban J connectivity index is 1.63. The van der Waals surface area contributed by atoms with Gasteiger partial charge in [-0.05, 0) is 43.4 Å². The van der Waals surface area contributed by atoms with E-state index in [9.17, 15) is 24.6 Å². The summed E-state index contributed by atoms with van der Waals surface area (Å²) in [6.07, 6.45) is 0.596. The van der Waals surface area contributed by atoms with Crippen LogP contribution in [0.1, 0.15) is 37.4 Å². The number of carbonyl (C=O) groups is 3. The fourth-order valence-corrected chi connectivity index (χ4v) is 6.07. The van der Waals surface area contributed by atoms with E-state index in [1.807, 2.05) is 6.08 Å². The number of fused-ring (bicyclic) bond motifs is 5. The minimum atomic E-state index is -2.53. The van der Waals surface area contributed by atoms with Crippen molar-refractivity contribution in [1.29, 1.82) is 0 Å². The monoisotopic (exact) mass is 510 g/mol. The van der Waals surface area contributed by atoms with E-state index in [0.29, 0.717) is 24.8 Å². The predicted molar refractivity (Wildman–Crippen MR) is 126 cm³/mol. The zero-order valence-electron chi connectivity index (χ0n) is 20.1. The van der Waals surface area contributed by atoms with Gasteiger partial charge in [0.2, 0.25) is 0 Å². The van der Waals surface area contributed by atoms with Gasteiger partial charge in [-0.1, -0.05) is 6.08 Å². The van der Waals surface area contributed by atoms with Crippen LogP contribution in [0, 0.1) is 11.8 Å². The highest BCUT2D eigenvalue weighted by Crippen LogP contribution is 2.51. The van der Waals surface area contributed by atoms with Crippen LogP contribution in [0.4, 0.5) is 0 Å². The fraction of sp³-hybridized carbons (Fsp3) is 0.462. The standard InChI is InChI=1S/C26H26N2O9/c1-3-12-11-28-7-6-13(12)8-15(28)21(31)20-19-14-4-5-16(34-2)22(19)35-17(29)9-26(33)10-18(30)36-24(27-14)23(20)37-25(26)32/h3-5,12-13,15,21,31,33H,1,6-11H2,2H3/t12-,13?,15-,21-,26?/m0/s1. The topological polar surface area (TPSA) is 145 Å². The lowest BCUT2D eigenvalue weighted by molar-refractivity contribution is -0.168. The van der Waals surface area contributed by atoms with Crippen molar-refractivity contribution in [3.8, 4) is 23.1 Å². The second-order valence-electron chi connectivity index (χ2n) is 10.1. The maximum atomic E-state index is 13.1. The number of hydrogen-bond donors (Lipinski definition) is 2. The van der Waals surface area contributed by atoms with E-state index in [2.05, 4.69) is 16.5 Å². The Morgan fingerprint density at radius 3 is 2.62 bits per heavy atom. The summed E-state index contributed by atoms with van der Waals surface area (Å²) in [6.45, 7) is 5.42. The van der Waals surface area contributed by atoms with Gasteiger partial charge >= 0.3 is 17.9 Å². The largest absolute Gasteiger partial charge is 0.493 e. The van der Waals surface area contributed by atoms with Crippen LogP contribution in [-0.2, 0) is 14.4 Å². The smallest absolute Gasteiger partial charge is 0.344 e. The second-order valence-corrected chi connectivity index (χ2v) is 10.1. The molecule has 0 aliphatic carbocycles. The summed E-state index contributed by atoms with van der Waals surface area (Å²) >= 11 is 0. The third kappa shape index (κ3) is 3.68. The molecule has 0 amide bonds. The van der Waals surface area contributed by atoms with Crippen molar-refractivity contribution in [1.82, 2.24) is 9.88 Å². The molecule has 2 aromatic rings. The van der Waals surface area contributed by atoms with Gasteiger partial charge in [-0.15, -0.1) is 6.58 Å². The molecule has 0 spiro atoms. The van der Waals surface area contributed by atoms with Gasteiger partial charge in [-0.2, -0.15) is 0 Å². The van der Waals surface area contributed by atoms with Gasteiger partial charge in [-0.25, -0.2) is 9.78 Å². The molecule has 6 heterocycles. The van der Waals surface area contributed by atoms with Crippen LogP contribution in [0.2, 0.25) is 0 Å². The molecule has 3 unspecified atom stereocenters. The lowest BCUT2D eigenvalue weighted by Gasteiger charge is -2.50. The number of piperidine rings is 3. The van der Waals surface area contributed by atoms with Crippen LogP contribution in [-0.4, -0.2) is 69.8 Å². The number of carbonyl (C=O) groups excluding carboxylic acids is 3. The molecular weight excluding hydrogens is 484 g/mol. The zero-order chi connectivity index (χ0) is 26.1. The molecule has 6 atom stereocenters. The van der Waals surface area contributed by atoms with E-state index < -0.39 is 42.5 Å². The van der Waals surface area contributed by atoms with Crippen LogP contribution < -0.4 is 18.9 Å². The van der Waals surface area contributed by atoms with Crippen molar-refractivity contribution in [2.45, 2.75) is 43.4 Å². The van der Waals surface area contributed by atoms with E-state index in [-0.39, 0.29) is 45.6 Å². The van der Waals surface area contributed by atoms with Crippen LogP contribution in [0.5, 0.6) is 23.1 Å². The van der Waals surface area contributed by atoms with Crippen LogP contribution in [0.25, 0.3) is 10.9 Å². The van der Waals surface area contributed by atoms with Gasteiger partial charge in [0.1, 0.15) is 0 Å². The molecule has 5 aliphatic heterocycles. The van der Waals surface area contributed by atoms with Gasteiger partial charge in [0.05, 0.1) is 37.0 Å². The third-order valence-electron chi connectivity index (χ3n) is 7.94. The van der Waals surface area contributed by atoms with Crippen LogP contribution in [0.3, 0.4) is 0 Å². The maximum absolute atomic E-state index is 13.1.